The number of amides is 2. The van der Waals surface area contributed by atoms with Gasteiger partial charge in [-0.15, -0.1) is 0 Å². The Kier molecular flexibility index (Phi) is 5.26. The van der Waals surface area contributed by atoms with Crippen molar-refractivity contribution in [2.75, 3.05) is 0 Å². The molecule has 0 saturated carbocycles. The van der Waals surface area contributed by atoms with Gasteiger partial charge in [0.25, 0.3) is 11.1 Å². The van der Waals surface area contributed by atoms with Crippen LogP contribution in [0.15, 0.2) is 59.5 Å². The number of rotatable bonds is 4. The van der Waals surface area contributed by atoms with Gasteiger partial charge in [0, 0.05) is 17.1 Å². The molecular weight excluding hydrogens is 396 g/mol. The Morgan fingerprint density at radius 3 is 2.30 bits per heavy atom. The van der Waals surface area contributed by atoms with E-state index in [9.17, 15) is 14.7 Å². The summed E-state index contributed by atoms with van der Waals surface area (Å²) >= 11 is 0.977. The molecule has 0 aliphatic carbocycles. The molecule has 2 heterocycles. The molecule has 1 aliphatic heterocycles. The molecule has 0 unspecified atom stereocenters. The SMILES string of the molecule is Cc1ccc(CN2C(=O)S/C(=C\c3cc(C)n(-c4ccc(O)cc4)c3C)C2=O)cc1. The van der Waals surface area contributed by atoms with Crippen molar-refractivity contribution in [3.63, 3.8) is 0 Å². The van der Waals surface area contributed by atoms with E-state index < -0.39 is 0 Å². The first-order valence-electron chi connectivity index (χ1n) is 9.63. The third-order valence-corrected chi connectivity index (χ3v) is 6.11. The molecule has 3 aromatic rings. The predicted molar refractivity (Wildman–Crippen MR) is 120 cm³/mol. The van der Waals surface area contributed by atoms with Gasteiger partial charge in [0.05, 0.1) is 11.4 Å². The summed E-state index contributed by atoms with van der Waals surface area (Å²) in [6.07, 6.45) is 1.79. The number of phenolic OH excluding ortho intramolecular Hbond substituents is 1. The van der Waals surface area contributed by atoms with E-state index in [-0.39, 0.29) is 23.4 Å². The number of aryl methyl sites for hydroxylation is 2. The van der Waals surface area contributed by atoms with Crippen LogP contribution in [0.5, 0.6) is 5.75 Å². The fraction of sp³-hybridized carbons (Fsp3) is 0.167. The van der Waals surface area contributed by atoms with Crippen molar-refractivity contribution in [2.24, 2.45) is 0 Å². The first-order chi connectivity index (χ1) is 14.3. The number of aromatic nitrogens is 1. The highest BCUT2D eigenvalue weighted by atomic mass is 32.2. The van der Waals surface area contributed by atoms with Crippen LogP contribution in [-0.4, -0.2) is 25.7 Å². The highest BCUT2D eigenvalue weighted by Gasteiger charge is 2.35. The maximum Gasteiger partial charge on any atom is 0.293 e. The topological polar surface area (TPSA) is 62.5 Å². The molecule has 0 spiro atoms. The molecule has 1 aliphatic rings. The second kappa shape index (κ2) is 7.88. The monoisotopic (exact) mass is 418 g/mol. The molecule has 5 nitrogen and oxygen atoms in total. The lowest BCUT2D eigenvalue weighted by Crippen LogP contribution is -2.27. The van der Waals surface area contributed by atoms with Gasteiger partial charge in [-0.1, -0.05) is 29.8 Å². The van der Waals surface area contributed by atoms with Gasteiger partial charge in [0.2, 0.25) is 0 Å². The maximum absolute atomic E-state index is 12.9. The molecule has 6 heteroatoms. The minimum Gasteiger partial charge on any atom is -0.508 e. The average molecular weight is 419 g/mol. The van der Waals surface area contributed by atoms with Crippen LogP contribution >= 0.6 is 11.8 Å². The normalized spacial score (nSPS) is 15.4. The number of carbonyl (C=O) groups excluding carboxylic acids is 2. The zero-order valence-electron chi connectivity index (χ0n) is 17.0. The molecule has 1 fully saturated rings. The first kappa shape index (κ1) is 20.0. The van der Waals surface area contributed by atoms with Gasteiger partial charge >= 0.3 is 0 Å². The van der Waals surface area contributed by atoms with Crippen molar-refractivity contribution >= 4 is 29.0 Å². The van der Waals surface area contributed by atoms with Gasteiger partial charge < -0.3 is 9.67 Å². The molecular formula is C24H22N2O3S. The number of carbonyl (C=O) groups is 2. The van der Waals surface area contributed by atoms with E-state index in [4.69, 9.17) is 0 Å². The summed E-state index contributed by atoms with van der Waals surface area (Å²) in [7, 11) is 0. The lowest BCUT2D eigenvalue weighted by molar-refractivity contribution is -0.123. The molecule has 2 amide bonds. The van der Waals surface area contributed by atoms with Crippen LogP contribution in [0.1, 0.15) is 28.1 Å². The lowest BCUT2D eigenvalue weighted by atomic mass is 10.1. The van der Waals surface area contributed by atoms with Crippen molar-refractivity contribution < 1.29 is 14.7 Å². The zero-order valence-corrected chi connectivity index (χ0v) is 17.9. The van der Waals surface area contributed by atoms with Crippen molar-refractivity contribution in [1.29, 1.82) is 0 Å². The standard InChI is InChI=1S/C24H22N2O3S/c1-15-4-6-18(7-5-15)14-25-23(28)22(30-24(25)29)13-19-12-16(2)26(17(19)3)20-8-10-21(27)11-9-20/h4-13,27H,14H2,1-3H3/b22-13-. The molecule has 1 aromatic heterocycles. The highest BCUT2D eigenvalue weighted by Crippen LogP contribution is 2.34. The summed E-state index contributed by atoms with van der Waals surface area (Å²) < 4.78 is 2.06. The zero-order chi connectivity index (χ0) is 21.4. The number of hydrogen-bond acceptors (Lipinski definition) is 4. The van der Waals surface area contributed by atoms with Gasteiger partial charge in [-0.05, 0) is 80.1 Å². The lowest BCUT2D eigenvalue weighted by Gasteiger charge is -2.12. The fourth-order valence-corrected chi connectivity index (χ4v) is 4.42. The first-order valence-corrected chi connectivity index (χ1v) is 10.4. The van der Waals surface area contributed by atoms with Gasteiger partial charge in [0.15, 0.2) is 0 Å². The Bertz CT molecular complexity index is 1160. The summed E-state index contributed by atoms with van der Waals surface area (Å²) in [5.41, 5.74) is 5.84. The third-order valence-electron chi connectivity index (χ3n) is 5.20. The number of thioether (sulfide) groups is 1. The Morgan fingerprint density at radius 1 is 0.967 bits per heavy atom. The molecule has 0 bridgehead atoms. The third kappa shape index (κ3) is 3.78. The van der Waals surface area contributed by atoms with Crippen LogP contribution in [0.3, 0.4) is 0 Å². The Labute approximate surface area is 179 Å². The molecule has 30 heavy (non-hydrogen) atoms. The van der Waals surface area contributed by atoms with E-state index in [0.29, 0.717) is 4.91 Å². The summed E-state index contributed by atoms with van der Waals surface area (Å²) in [6.45, 7) is 6.23. The number of phenols is 1. The van der Waals surface area contributed by atoms with E-state index in [1.165, 1.54) is 4.90 Å². The highest BCUT2D eigenvalue weighted by molar-refractivity contribution is 8.18. The van der Waals surface area contributed by atoms with Gasteiger partial charge in [-0.3, -0.25) is 14.5 Å². The quantitative estimate of drug-likeness (QED) is 0.581. The van der Waals surface area contributed by atoms with Crippen LogP contribution in [0, 0.1) is 20.8 Å². The predicted octanol–water partition coefficient (Wildman–Crippen LogP) is 5.34. The Balaban J connectivity index is 1.61. The van der Waals surface area contributed by atoms with Crippen molar-refractivity contribution in [3.8, 4) is 11.4 Å². The molecule has 1 saturated heterocycles. The number of benzene rings is 2. The molecule has 0 radical (unpaired) electrons. The van der Waals surface area contributed by atoms with Crippen molar-refractivity contribution in [3.05, 3.63) is 87.6 Å². The minimum atomic E-state index is -0.264. The molecule has 0 atom stereocenters. The second-order valence-electron chi connectivity index (χ2n) is 7.43. The van der Waals surface area contributed by atoms with Crippen LogP contribution in [0.2, 0.25) is 0 Å². The molecule has 152 valence electrons. The number of aromatic hydroxyl groups is 1. The number of hydrogen-bond donors (Lipinski definition) is 1. The second-order valence-corrected chi connectivity index (χ2v) is 8.42. The summed E-state index contributed by atoms with van der Waals surface area (Å²) in [4.78, 5) is 27.1. The van der Waals surface area contributed by atoms with E-state index in [1.54, 1.807) is 18.2 Å². The van der Waals surface area contributed by atoms with Crippen molar-refractivity contribution in [1.82, 2.24) is 9.47 Å². The fourth-order valence-electron chi connectivity index (χ4n) is 3.59. The largest absolute Gasteiger partial charge is 0.508 e. The Hall–Kier alpha value is -3.25. The van der Waals surface area contributed by atoms with Crippen molar-refractivity contribution in [2.45, 2.75) is 27.3 Å². The van der Waals surface area contributed by atoms with E-state index in [2.05, 4.69) is 4.57 Å². The Morgan fingerprint density at radius 2 is 1.63 bits per heavy atom. The molecule has 2 aromatic carbocycles. The molecule has 4 rings (SSSR count). The summed E-state index contributed by atoms with van der Waals surface area (Å²) in [5, 5.41) is 9.29. The smallest absolute Gasteiger partial charge is 0.293 e. The van der Waals surface area contributed by atoms with Crippen LogP contribution < -0.4 is 0 Å². The van der Waals surface area contributed by atoms with E-state index in [0.717, 1.165) is 45.5 Å². The van der Waals surface area contributed by atoms with Crippen LogP contribution in [-0.2, 0) is 11.3 Å². The summed E-state index contributed by atoms with van der Waals surface area (Å²) in [5.74, 6) is -0.0521. The number of imide groups is 1. The van der Waals surface area contributed by atoms with E-state index >= 15 is 0 Å². The average Bonchev–Trinajstić information content (AvgIpc) is 3.14. The van der Waals surface area contributed by atoms with Crippen LogP contribution in [0.25, 0.3) is 11.8 Å². The van der Waals surface area contributed by atoms with Gasteiger partial charge in [0.1, 0.15) is 5.75 Å². The molecule has 1 N–H and O–H groups in total. The minimum absolute atomic E-state index is 0.212. The maximum atomic E-state index is 12.9. The van der Waals surface area contributed by atoms with Gasteiger partial charge in [-0.25, -0.2) is 0 Å². The van der Waals surface area contributed by atoms with Crippen LogP contribution in [0.4, 0.5) is 4.79 Å². The summed E-state index contributed by atoms with van der Waals surface area (Å²) in [6, 6.07) is 16.8. The van der Waals surface area contributed by atoms with E-state index in [1.807, 2.05) is 63.2 Å². The van der Waals surface area contributed by atoms with Gasteiger partial charge in [-0.2, -0.15) is 0 Å². The number of nitrogens with zero attached hydrogens (tertiary/aromatic N) is 2.